The van der Waals surface area contributed by atoms with E-state index in [0.29, 0.717) is 73.1 Å². The topological polar surface area (TPSA) is 103 Å². The van der Waals surface area contributed by atoms with E-state index in [2.05, 4.69) is 15.5 Å². The number of nitrogens with one attached hydrogen (secondary N) is 2. The molecule has 41 heavy (non-hydrogen) atoms. The number of amides is 3. The molecule has 0 saturated carbocycles. The predicted molar refractivity (Wildman–Crippen MR) is 150 cm³/mol. The van der Waals surface area contributed by atoms with Gasteiger partial charge in [-0.15, -0.1) is 0 Å². The Morgan fingerprint density at radius 2 is 1.32 bits per heavy atom. The molecule has 6 rings (SSSR count). The number of halogens is 1. The van der Waals surface area contributed by atoms with Crippen molar-refractivity contribution in [1.29, 1.82) is 0 Å². The second kappa shape index (κ2) is 11.5. The van der Waals surface area contributed by atoms with Gasteiger partial charge in [0.2, 0.25) is 6.79 Å². The van der Waals surface area contributed by atoms with Crippen molar-refractivity contribution in [3.8, 4) is 11.5 Å². The first-order valence-corrected chi connectivity index (χ1v) is 13.6. The summed E-state index contributed by atoms with van der Waals surface area (Å²) in [6.07, 6.45) is 0. The number of rotatable bonds is 5. The molecule has 2 saturated heterocycles. The number of carbonyl (C=O) groups excluding carboxylic acids is 3. The Labute approximate surface area is 236 Å². The second-order valence-corrected chi connectivity index (χ2v) is 10.1. The van der Waals surface area contributed by atoms with E-state index in [4.69, 9.17) is 9.47 Å². The lowest BCUT2D eigenvalue weighted by molar-refractivity contribution is 0.0731. The third-order valence-electron chi connectivity index (χ3n) is 7.53. The second-order valence-electron chi connectivity index (χ2n) is 10.1. The maximum atomic E-state index is 13.4. The first-order chi connectivity index (χ1) is 20.0. The van der Waals surface area contributed by atoms with Crippen molar-refractivity contribution in [2.75, 3.05) is 69.4 Å². The highest BCUT2D eigenvalue weighted by Gasteiger charge is 2.27. The number of fused-ring (bicyclic) bond motifs is 1. The highest BCUT2D eigenvalue weighted by molar-refractivity contribution is 6.07. The van der Waals surface area contributed by atoms with Crippen LogP contribution in [-0.4, -0.2) is 86.7 Å². The van der Waals surface area contributed by atoms with Gasteiger partial charge in [0.05, 0.1) is 11.4 Å². The van der Waals surface area contributed by atoms with Crippen LogP contribution in [0.2, 0.25) is 0 Å². The number of benzene rings is 3. The summed E-state index contributed by atoms with van der Waals surface area (Å²) in [7, 11) is 0. The van der Waals surface area contributed by atoms with Gasteiger partial charge in [-0.3, -0.25) is 14.4 Å². The maximum Gasteiger partial charge on any atom is 0.255 e. The molecule has 0 unspecified atom stereocenters. The summed E-state index contributed by atoms with van der Waals surface area (Å²) in [6.45, 7) is 4.82. The van der Waals surface area contributed by atoms with E-state index in [1.165, 1.54) is 24.3 Å². The smallest absolute Gasteiger partial charge is 0.255 e. The number of hydrogen-bond donors (Lipinski definition) is 2. The first-order valence-electron chi connectivity index (χ1n) is 13.6. The van der Waals surface area contributed by atoms with Gasteiger partial charge >= 0.3 is 0 Å². The van der Waals surface area contributed by atoms with E-state index in [0.717, 1.165) is 18.8 Å². The zero-order valence-electron chi connectivity index (χ0n) is 22.4. The lowest BCUT2D eigenvalue weighted by atomic mass is 10.1. The molecule has 3 aliphatic heterocycles. The number of carbonyl (C=O) groups is 3. The first kappa shape index (κ1) is 26.6. The Bertz CT molecular complexity index is 1470. The normalized spacial score (nSPS) is 16.5. The maximum absolute atomic E-state index is 13.4. The van der Waals surface area contributed by atoms with Gasteiger partial charge in [-0.05, 0) is 60.7 Å². The molecule has 10 nitrogen and oxygen atoms in total. The van der Waals surface area contributed by atoms with Crippen LogP contribution in [0.3, 0.4) is 0 Å². The summed E-state index contributed by atoms with van der Waals surface area (Å²) in [6, 6.07) is 15.8. The molecule has 0 radical (unpaired) electrons. The highest BCUT2D eigenvalue weighted by atomic mass is 19.1. The molecule has 2 fully saturated rings. The molecule has 11 heteroatoms. The molecule has 0 aromatic heterocycles. The Morgan fingerprint density at radius 1 is 0.707 bits per heavy atom. The van der Waals surface area contributed by atoms with Crippen LogP contribution in [0.1, 0.15) is 31.1 Å². The fraction of sp³-hybridized carbons (Fsp3) is 0.300. The van der Waals surface area contributed by atoms with Crippen molar-refractivity contribution in [2.24, 2.45) is 0 Å². The fourth-order valence-corrected chi connectivity index (χ4v) is 5.25. The van der Waals surface area contributed by atoms with Crippen LogP contribution in [0.5, 0.6) is 11.5 Å². The minimum atomic E-state index is -0.431. The lowest BCUT2D eigenvalue weighted by Crippen LogP contribution is -2.49. The third-order valence-corrected chi connectivity index (χ3v) is 7.53. The van der Waals surface area contributed by atoms with Crippen LogP contribution in [0.4, 0.5) is 15.8 Å². The molecule has 3 heterocycles. The van der Waals surface area contributed by atoms with E-state index in [1.807, 2.05) is 6.07 Å². The Balaban J connectivity index is 1.20. The number of ether oxygens (including phenoxy) is 2. The Kier molecular flexibility index (Phi) is 7.43. The minimum absolute atomic E-state index is 0.0928. The number of anilines is 2. The molecule has 3 amide bonds. The molecule has 0 aliphatic carbocycles. The van der Waals surface area contributed by atoms with Crippen LogP contribution in [0.15, 0.2) is 60.7 Å². The summed E-state index contributed by atoms with van der Waals surface area (Å²) in [5, 5.41) is 6.17. The SMILES string of the molecule is O=C(Nc1cc(C(=O)N2CCNCC2)ccc1N1CCN(C(=O)c2ccc3c(c2)OCO3)CC1)c1ccc(F)cc1. The van der Waals surface area contributed by atoms with Gasteiger partial charge < -0.3 is 34.8 Å². The Morgan fingerprint density at radius 3 is 2.05 bits per heavy atom. The van der Waals surface area contributed by atoms with Crippen molar-refractivity contribution < 1.29 is 28.2 Å². The van der Waals surface area contributed by atoms with Gasteiger partial charge in [0.25, 0.3) is 17.7 Å². The standard InChI is InChI=1S/C30H30FN5O5/c31-23-5-1-20(2-6-23)28(37)33-24-17-21(29(38)35-11-9-32-10-12-35)3-7-25(24)34-13-15-36(16-14-34)30(39)22-4-8-26-27(18-22)41-19-40-26/h1-8,17-18,32H,9-16,19H2,(H,33,37). The third kappa shape index (κ3) is 5.66. The molecule has 3 aromatic carbocycles. The van der Waals surface area contributed by atoms with E-state index >= 15 is 0 Å². The van der Waals surface area contributed by atoms with Crippen molar-refractivity contribution in [3.63, 3.8) is 0 Å². The van der Waals surface area contributed by atoms with Gasteiger partial charge in [-0.25, -0.2) is 4.39 Å². The molecular formula is C30H30FN5O5. The van der Waals surface area contributed by atoms with Gasteiger partial charge in [-0.1, -0.05) is 0 Å². The van der Waals surface area contributed by atoms with E-state index < -0.39 is 11.7 Å². The zero-order valence-corrected chi connectivity index (χ0v) is 22.4. The quantitative estimate of drug-likeness (QED) is 0.496. The summed E-state index contributed by atoms with van der Waals surface area (Å²) in [5.74, 6) is 0.153. The predicted octanol–water partition coefficient (Wildman–Crippen LogP) is 2.81. The van der Waals surface area contributed by atoms with Crippen LogP contribution in [0.25, 0.3) is 0 Å². The van der Waals surface area contributed by atoms with Crippen molar-refractivity contribution in [1.82, 2.24) is 15.1 Å². The number of hydrogen-bond acceptors (Lipinski definition) is 7. The van der Waals surface area contributed by atoms with Crippen LogP contribution < -0.4 is 25.0 Å². The molecule has 3 aromatic rings. The highest BCUT2D eigenvalue weighted by Crippen LogP contribution is 2.33. The average Bonchev–Trinajstić information content (AvgIpc) is 3.49. The van der Waals surface area contributed by atoms with Crippen LogP contribution >= 0.6 is 0 Å². The van der Waals surface area contributed by atoms with Crippen molar-refractivity contribution in [3.05, 3.63) is 83.2 Å². The molecule has 212 valence electrons. The number of nitrogens with zero attached hydrogens (tertiary/aromatic N) is 3. The summed E-state index contributed by atoms with van der Waals surface area (Å²) in [4.78, 5) is 45.2. The van der Waals surface area contributed by atoms with Crippen LogP contribution in [-0.2, 0) is 0 Å². The minimum Gasteiger partial charge on any atom is -0.454 e. The van der Waals surface area contributed by atoms with Gasteiger partial charge in [0.15, 0.2) is 11.5 Å². The fourth-order valence-electron chi connectivity index (χ4n) is 5.25. The molecule has 0 atom stereocenters. The van der Waals surface area contributed by atoms with Gasteiger partial charge in [0, 0.05) is 69.0 Å². The average molecular weight is 560 g/mol. The lowest BCUT2D eigenvalue weighted by Gasteiger charge is -2.37. The molecule has 2 N–H and O–H groups in total. The van der Waals surface area contributed by atoms with Gasteiger partial charge in [-0.2, -0.15) is 0 Å². The van der Waals surface area contributed by atoms with E-state index in [1.54, 1.807) is 40.1 Å². The zero-order chi connectivity index (χ0) is 28.3. The summed E-state index contributed by atoms with van der Waals surface area (Å²) >= 11 is 0. The molecular weight excluding hydrogens is 529 g/mol. The summed E-state index contributed by atoms with van der Waals surface area (Å²) < 4.78 is 24.2. The van der Waals surface area contributed by atoms with E-state index in [9.17, 15) is 18.8 Å². The van der Waals surface area contributed by atoms with Crippen molar-refractivity contribution in [2.45, 2.75) is 0 Å². The Hall–Kier alpha value is -4.64. The molecule has 0 bridgehead atoms. The van der Waals surface area contributed by atoms with Crippen LogP contribution in [0, 0.1) is 5.82 Å². The molecule has 3 aliphatic rings. The van der Waals surface area contributed by atoms with E-state index in [-0.39, 0.29) is 18.6 Å². The van der Waals surface area contributed by atoms with Gasteiger partial charge in [0.1, 0.15) is 5.82 Å². The monoisotopic (exact) mass is 559 g/mol. The largest absolute Gasteiger partial charge is 0.454 e. The van der Waals surface area contributed by atoms with Crippen molar-refractivity contribution >= 4 is 29.1 Å². The molecule has 0 spiro atoms. The number of piperazine rings is 2. The summed E-state index contributed by atoms with van der Waals surface area (Å²) in [5.41, 5.74) is 2.53.